The summed E-state index contributed by atoms with van der Waals surface area (Å²) in [5, 5.41) is 12.9. The van der Waals surface area contributed by atoms with Crippen LogP contribution in [0.15, 0.2) is 48.5 Å². The molecule has 2 aromatic rings. The van der Waals surface area contributed by atoms with Gasteiger partial charge in [0.15, 0.2) is 0 Å². The second-order valence-corrected chi connectivity index (χ2v) is 10.6. The van der Waals surface area contributed by atoms with Gasteiger partial charge in [-0.1, -0.05) is 25.1 Å². The molecule has 0 fully saturated rings. The van der Waals surface area contributed by atoms with Gasteiger partial charge in [-0.15, -0.1) is 0 Å². The summed E-state index contributed by atoms with van der Waals surface area (Å²) in [7, 11) is 4.03. The van der Waals surface area contributed by atoms with E-state index >= 15 is 0 Å². The number of nitrogens with one attached hydrogen (secondary N) is 1. The average Bonchev–Trinajstić information content (AvgIpc) is 2.90. The lowest BCUT2D eigenvalue weighted by Crippen LogP contribution is -2.47. The molecule has 0 aliphatic carbocycles. The van der Waals surface area contributed by atoms with Crippen molar-refractivity contribution in [3.63, 3.8) is 0 Å². The molecule has 3 rings (SSSR count). The van der Waals surface area contributed by atoms with Crippen LogP contribution in [0.4, 0.5) is 5.69 Å². The molecule has 0 saturated heterocycles. The summed E-state index contributed by atoms with van der Waals surface area (Å²) in [6.45, 7) is 7.54. The van der Waals surface area contributed by atoms with Gasteiger partial charge in [0.1, 0.15) is 5.75 Å². The Kier molecular flexibility index (Phi) is 11.1. The van der Waals surface area contributed by atoms with Crippen LogP contribution < -0.4 is 10.1 Å². The molecule has 4 atom stereocenters. The first-order chi connectivity index (χ1) is 18.2. The number of aliphatic hydroxyl groups is 1. The average molecular weight is 526 g/mol. The van der Waals surface area contributed by atoms with Crippen molar-refractivity contribution in [2.45, 2.75) is 58.3 Å². The monoisotopic (exact) mass is 525 g/mol. The maximum absolute atomic E-state index is 14.1. The van der Waals surface area contributed by atoms with Gasteiger partial charge in [0.25, 0.3) is 11.8 Å². The molecule has 208 valence electrons. The highest BCUT2D eigenvalue weighted by Crippen LogP contribution is 2.28. The van der Waals surface area contributed by atoms with Crippen LogP contribution in [0.5, 0.6) is 5.75 Å². The number of anilines is 1. The molecule has 1 aliphatic heterocycles. The quantitative estimate of drug-likeness (QED) is 0.585. The van der Waals surface area contributed by atoms with Crippen molar-refractivity contribution in [3.05, 3.63) is 59.7 Å². The minimum absolute atomic E-state index is 0.0301. The molecule has 8 heteroatoms. The van der Waals surface area contributed by atoms with Crippen LogP contribution in [0.25, 0.3) is 0 Å². The maximum atomic E-state index is 14.1. The second-order valence-electron chi connectivity index (χ2n) is 10.6. The van der Waals surface area contributed by atoms with E-state index in [1.807, 2.05) is 34.0 Å². The summed E-state index contributed by atoms with van der Waals surface area (Å²) in [6, 6.07) is 13.7. The number of nitrogens with zero attached hydrogens (tertiary/aromatic N) is 2. The summed E-state index contributed by atoms with van der Waals surface area (Å²) < 4.78 is 12.5. The van der Waals surface area contributed by atoms with Crippen molar-refractivity contribution in [1.82, 2.24) is 9.80 Å². The van der Waals surface area contributed by atoms with Crippen molar-refractivity contribution in [3.8, 4) is 5.75 Å². The number of benzene rings is 2. The third kappa shape index (κ3) is 8.28. The summed E-state index contributed by atoms with van der Waals surface area (Å²) in [4.78, 5) is 30.6. The first-order valence-corrected chi connectivity index (χ1v) is 13.5. The molecule has 2 N–H and O–H groups in total. The van der Waals surface area contributed by atoms with E-state index in [1.54, 1.807) is 47.4 Å². The van der Waals surface area contributed by atoms with E-state index in [1.165, 1.54) is 0 Å². The molecule has 1 aliphatic rings. The van der Waals surface area contributed by atoms with Crippen LogP contribution in [0, 0.1) is 5.92 Å². The Labute approximate surface area is 226 Å². The number of hydrogen-bond donors (Lipinski definition) is 2. The number of fused-ring (bicyclic) bond motifs is 1. The summed E-state index contributed by atoms with van der Waals surface area (Å²) in [5.41, 5.74) is 1.39. The number of amides is 2. The van der Waals surface area contributed by atoms with E-state index in [0.717, 1.165) is 25.8 Å². The van der Waals surface area contributed by atoms with Crippen molar-refractivity contribution >= 4 is 17.5 Å². The van der Waals surface area contributed by atoms with Gasteiger partial charge in [-0.25, -0.2) is 0 Å². The molecule has 0 saturated carbocycles. The van der Waals surface area contributed by atoms with E-state index in [-0.39, 0.29) is 36.5 Å². The predicted octanol–water partition coefficient (Wildman–Crippen LogP) is 4.30. The minimum atomic E-state index is -0.411. The molecule has 0 bridgehead atoms. The van der Waals surface area contributed by atoms with Gasteiger partial charge in [0.05, 0.1) is 30.4 Å². The van der Waals surface area contributed by atoms with Gasteiger partial charge >= 0.3 is 0 Å². The van der Waals surface area contributed by atoms with E-state index < -0.39 is 6.04 Å². The molecular formula is C30H43N3O5. The van der Waals surface area contributed by atoms with Crippen molar-refractivity contribution < 1.29 is 24.2 Å². The zero-order valence-electron chi connectivity index (χ0n) is 23.4. The zero-order valence-corrected chi connectivity index (χ0v) is 23.4. The number of likely N-dealkylation sites (N-methyl/N-ethyl adjacent to an activating group) is 1. The lowest BCUT2D eigenvalue weighted by atomic mass is 10.0. The maximum Gasteiger partial charge on any atom is 0.258 e. The smallest absolute Gasteiger partial charge is 0.258 e. The largest absolute Gasteiger partial charge is 0.490 e. The van der Waals surface area contributed by atoms with E-state index in [0.29, 0.717) is 35.7 Å². The number of aliphatic hydroxyl groups excluding tert-OH is 1. The van der Waals surface area contributed by atoms with Crippen LogP contribution in [0.3, 0.4) is 0 Å². The Hall–Kier alpha value is -2.94. The molecular weight excluding hydrogens is 482 g/mol. The Morgan fingerprint density at radius 3 is 2.58 bits per heavy atom. The van der Waals surface area contributed by atoms with Gasteiger partial charge in [0.2, 0.25) is 0 Å². The van der Waals surface area contributed by atoms with Gasteiger partial charge in [-0.2, -0.15) is 0 Å². The fourth-order valence-electron chi connectivity index (χ4n) is 4.62. The molecule has 8 nitrogen and oxygen atoms in total. The SMILES string of the molecule is C[C@@H]1CN([C@@H](C)CO)C(=O)c2cc(NC(=O)c3ccccc3)ccc2O[C@@H](C)CCCCO[C@@H]1CN(C)C. The van der Waals surface area contributed by atoms with Gasteiger partial charge in [0, 0.05) is 36.9 Å². The molecule has 0 spiro atoms. The minimum Gasteiger partial charge on any atom is -0.490 e. The van der Waals surface area contributed by atoms with Gasteiger partial charge in [-0.05, 0) is 77.5 Å². The number of carbonyl (C=O) groups is 2. The molecule has 38 heavy (non-hydrogen) atoms. The lowest BCUT2D eigenvalue weighted by molar-refractivity contribution is -0.0137. The topological polar surface area (TPSA) is 91.3 Å². The van der Waals surface area contributed by atoms with Crippen LogP contribution >= 0.6 is 0 Å². The van der Waals surface area contributed by atoms with Crippen LogP contribution in [0.2, 0.25) is 0 Å². The van der Waals surface area contributed by atoms with Gasteiger partial charge < -0.3 is 29.7 Å². The number of rotatable bonds is 6. The Morgan fingerprint density at radius 2 is 1.89 bits per heavy atom. The first kappa shape index (κ1) is 29.6. The van der Waals surface area contributed by atoms with E-state index in [9.17, 15) is 14.7 Å². The fraction of sp³-hybridized carbons (Fsp3) is 0.533. The molecule has 1 heterocycles. The van der Waals surface area contributed by atoms with E-state index in [2.05, 4.69) is 17.1 Å². The van der Waals surface area contributed by atoms with E-state index in [4.69, 9.17) is 9.47 Å². The van der Waals surface area contributed by atoms with Crippen LogP contribution in [-0.2, 0) is 4.74 Å². The van der Waals surface area contributed by atoms with Gasteiger partial charge in [-0.3, -0.25) is 9.59 Å². The standard InChI is InChI=1S/C30H43N3O5/c1-21-18-33(22(2)20-34)30(36)26-17-25(31-29(35)24-12-7-6-8-13-24)14-15-27(26)38-23(3)11-9-10-16-37-28(21)19-32(4)5/h6-8,12-15,17,21-23,28,34H,9-11,16,18-20H2,1-5H3,(H,31,35)/t21-,22+,23+,28-/m1/s1. The fourth-order valence-corrected chi connectivity index (χ4v) is 4.62. The third-order valence-corrected chi connectivity index (χ3v) is 6.89. The predicted molar refractivity (Wildman–Crippen MR) is 150 cm³/mol. The molecule has 0 aromatic heterocycles. The van der Waals surface area contributed by atoms with Crippen molar-refractivity contribution in [2.75, 3.05) is 45.7 Å². The van der Waals surface area contributed by atoms with Crippen LogP contribution in [0.1, 0.15) is 60.7 Å². The highest BCUT2D eigenvalue weighted by atomic mass is 16.5. The highest BCUT2D eigenvalue weighted by molar-refractivity contribution is 6.05. The lowest BCUT2D eigenvalue weighted by Gasteiger charge is -2.35. The van der Waals surface area contributed by atoms with Crippen molar-refractivity contribution in [2.24, 2.45) is 5.92 Å². The highest BCUT2D eigenvalue weighted by Gasteiger charge is 2.30. The summed E-state index contributed by atoms with van der Waals surface area (Å²) >= 11 is 0. The molecule has 0 unspecified atom stereocenters. The molecule has 2 aromatic carbocycles. The molecule has 2 amide bonds. The Morgan fingerprint density at radius 1 is 1.16 bits per heavy atom. The number of ether oxygens (including phenoxy) is 2. The van der Waals surface area contributed by atoms with Crippen molar-refractivity contribution in [1.29, 1.82) is 0 Å². The Balaban J connectivity index is 1.98. The third-order valence-electron chi connectivity index (χ3n) is 6.89. The van der Waals surface area contributed by atoms with Crippen LogP contribution in [-0.4, -0.2) is 85.4 Å². The Bertz CT molecular complexity index is 1050. The number of hydrogen-bond acceptors (Lipinski definition) is 6. The second kappa shape index (κ2) is 14.3. The zero-order chi connectivity index (χ0) is 27.7. The normalized spacial score (nSPS) is 22.2. The summed E-state index contributed by atoms with van der Waals surface area (Å²) in [6.07, 6.45) is 2.55. The summed E-state index contributed by atoms with van der Waals surface area (Å²) in [5.74, 6) is -0.00756. The number of carbonyl (C=O) groups excluding carboxylic acids is 2. The first-order valence-electron chi connectivity index (χ1n) is 13.5. The molecule has 0 radical (unpaired) electrons.